The zero-order valence-electron chi connectivity index (χ0n) is 10.6. The molecule has 0 saturated carbocycles. The highest BCUT2D eigenvalue weighted by Crippen LogP contribution is 2.20. The monoisotopic (exact) mass is 299 g/mol. The van der Waals surface area contributed by atoms with Gasteiger partial charge in [0, 0.05) is 12.1 Å². The number of aryl methyl sites for hydroxylation is 2. The smallest absolute Gasteiger partial charge is 0.485 e. The molecule has 0 aromatic carbocycles. The Morgan fingerprint density at radius 1 is 1.26 bits per heavy atom. The van der Waals surface area contributed by atoms with E-state index in [4.69, 9.17) is 13.0 Å². The van der Waals surface area contributed by atoms with Crippen molar-refractivity contribution in [1.82, 2.24) is 0 Å². The van der Waals surface area contributed by atoms with E-state index in [1.807, 2.05) is 7.05 Å². The Hall–Kier alpha value is -1.15. The highest BCUT2D eigenvalue weighted by Gasteiger charge is 2.36. The number of unbranched alkanes of at least 4 members (excludes halogenated alkanes) is 1. The van der Waals surface area contributed by atoms with Crippen LogP contribution >= 0.6 is 0 Å². The topological polar surface area (TPSA) is 61.1 Å². The van der Waals surface area contributed by atoms with Crippen molar-refractivity contribution in [3.63, 3.8) is 0 Å². The summed E-state index contributed by atoms with van der Waals surface area (Å²) in [5.41, 5.74) is -4.20. The minimum Gasteiger partial charge on any atom is -0.741 e. The molecule has 0 unspecified atom stereocenters. The second-order valence-electron chi connectivity index (χ2n) is 3.88. The van der Waals surface area contributed by atoms with Crippen LogP contribution in [0.4, 0.5) is 13.2 Å². The minimum absolute atomic E-state index is 1.22. The van der Waals surface area contributed by atoms with E-state index in [0.29, 0.717) is 0 Å². The molecule has 0 spiro atoms. The summed E-state index contributed by atoms with van der Waals surface area (Å²) < 4.78 is 61.0. The zero-order valence-corrected chi connectivity index (χ0v) is 11.5. The molecule has 110 valence electrons. The maximum Gasteiger partial charge on any atom is 0.485 e. The van der Waals surface area contributed by atoms with Crippen LogP contribution in [0, 0.1) is 0 Å². The lowest BCUT2D eigenvalue weighted by Gasteiger charge is -2.08. The second-order valence-corrected chi connectivity index (χ2v) is 5.25. The Kier molecular flexibility index (Phi) is 6.99. The molecular weight excluding hydrogens is 283 g/mol. The lowest BCUT2D eigenvalue weighted by molar-refractivity contribution is -0.671. The van der Waals surface area contributed by atoms with Gasteiger partial charge in [-0.05, 0) is 18.4 Å². The summed E-state index contributed by atoms with van der Waals surface area (Å²) in [5.74, 6) is 0. The van der Waals surface area contributed by atoms with Crippen molar-refractivity contribution in [2.75, 3.05) is 0 Å². The molecule has 0 aliphatic carbocycles. The van der Waals surface area contributed by atoms with Crippen LogP contribution in [0.5, 0.6) is 0 Å². The summed E-state index contributed by atoms with van der Waals surface area (Å²) in [7, 11) is -4.05. The van der Waals surface area contributed by atoms with Crippen LogP contribution in [0.3, 0.4) is 0 Å². The minimum atomic E-state index is -6.09. The Labute approximate surface area is 110 Å². The molecule has 1 heterocycles. The number of rotatable bonds is 3. The number of hydrogen-bond donors (Lipinski definition) is 0. The van der Waals surface area contributed by atoms with Crippen molar-refractivity contribution in [2.45, 2.75) is 31.7 Å². The third-order valence-corrected chi connectivity index (χ3v) is 2.72. The molecule has 0 N–H and O–H groups in total. The predicted octanol–water partition coefficient (Wildman–Crippen LogP) is 1.91. The van der Waals surface area contributed by atoms with Crippen LogP contribution in [0.2, 0.25) is 0 Å². The van der Waals surface area contributed by atoms with E-state index in [9.17, 15) is 13.2 Å². The van der Waals surface area contributed by atoms with Crippen molar-refractivity contribution in [3.8, 4) is 0 Å². The standard InChI is InChI=1S/C10H16N.CHF3O3S/c1-3-4-5-10-6-8-11(2)9-7-10;2-1(3,4)8(5,6)7/h6-9H,3-5H2,1-2H3;(H,5,6,7)/q+1;/p-1. The molecule has 19 heavy (non-hydrogen) atoms. The molecule has 0 saturated heterocycles. The van der Waals surface area contributed by atoms with E-state index >= 15 is 0 Å². The Balaban J connectivity index is 0.000000362. The van der Waals surface area contributed by atoms with Crippen LogP contribution in [0.25, 0.3) is 0 Å². The maximum atomic E-state index is 10.7. The van der Waals surface area contributed by atoms with Crippen molar-refractivity contribution in [3.05, 3.63) is 30.1 Å². The molecule has 0 radical (unpaired) electrons. The van der Waals surface area contributed by atoms with Crippen molar-refractivity contribution in [1.29, 1.82) is 0 Å². The van der Waals surface area contributed by atoms with Crippen LogP contribution in [0.1, 0.15) is 25.3 Å². The molecule has 1 aromatic rings. The lowest BCUT2D eigenvalue weighted by atomic mass is 10.1. The van der Waals surface area contributed by atoms with Crippen LogP contribution in [-0.2, 0) is 23.6 Å². The lowest BCUT2D eigenvalue weighted by Crippen LogP contribution is -2.25. The first-order valence-corrected chi connectivity index (χ1v) is 6.95. The van der Waals surface area contributed by atoms with Gasteiger partial charge in [-0.2, -0.15) is 13.2 Å². The number of aromatic nitrogens is 1. The molecule has 4 nitrogen and oxygen atoms in total. The van der Waals surface area contributed by atoms with Crippen molar-refractivity contribution in [2.24, 2.45) is 7.05 Å². The van der Waals surface area contributed by atoms with E-state index in [1.165, 1.54) is 24.8 Å². The molecule has 0 bridgehead atoms. The van der Waals surface area contributed by atoms with Crippen molar-refractivity contribution < 1.29 is 30.7 Å². The normalized spacial score (nSPS) is 11.7. The molecule has 0 atom stereocenters. The van der Waals surface area contributed by atoms with Crippen molar-refractivity contribution >= 4 is 10.1 Å². The molecule has 1 aromatic heterocycles. The van der Waals surface area contributed by atoms with Crippen LogP contribution < -0.4 is 4.57 Å². The zero-order chi connectivity index (χ0) is 15.1. The fourth-order valence-corrected chi connectivity index (χ4v) is 1.08. The van der Waals surface area contributed by atoms with Gasteiger partial charge in [0.05, 0.1) is 0 Å². The first-order valence-electron chi connectivity index (χ1n) is 5.54. The number of nitrogens with zero attached hydrogens (tertiary/aromatic N) is 1. The fraction of sp³-hybridized carbons (Fsp3) is 0.545. The van der Waals surface area contributed by atoms with E-state index in [2.05, 4.69) is 36.0 Å². The van der Waals surface area contributed by atoms with Gasteiger partial charge < -0.3 is 4.55 Å². The van der Waals surface area contributed by atoms with Gasteiger partial charge in [0.25, 0.3) is 0 Å². The van der Waals surface area contributed by atoms with Gasteiger partial charge in [0.2, 0.25) is 0 Å². The summed E-state index contributed by atoms with van der Waals surface area (Å²) in [6, 6.07) is 4.38. The van der Waals surface area contributed by atoms with E-state index < -0.39 is 15.6 Å². The SMILES string of the molecule is CCCCc1cc[n+](C)cc1.O=S(=O)([O-])C(F)(F)F. The summed E-state index contributed by atoms with van der Waals surface area (Å²) in [5, 5.41) is 0. The van der Waals surface area contributed by atoms with Gasteiger partial charge in [-0.3, -0.25) is 0 Å². The number of alkyl halides is 3. The van der Waals surface area contributed by atoms with Gasteiger partial charge in [0.15, 0.2) is 22.5 Å². The molecule has 0 aliphatic heterocycles. The summed E-state index contributed by atoms with van der Waals surface area (Å²) in [6.07, 6.45) is 8.00. The van der Waals surface area contributed by atoms with Crippen LogP contribution in [-0.4, -0.2) is 18.5 Å². The Bertz CT molecular complexity index is 469. The Morgan fingerprint density at radius 2 is 1.68 bits per heavy atom. The second kappa shape index (κ2) is 7.44. The van der Waals surface area contributed by atoms with Gasteiger partial charge in [-0.15, -0.1) is 0 Å². The highest BCUT2D eigenvalue weighted by molar-refractivity contribution is 7.86. The average Bonchev–Trinajstić information content (AvgIpc) is 2.26. The largest absolute Gasteiger partial charge is 0.741 e. The molecule has 1 rings (SSSR count). The summed E-state index contributed by atoms with van der Waals surface area (Å²) in [6.45, 7) is 2.23. The first kappa shape index (κ1) is 17.8. The van der Waals surface area contributed by atoms with E-state index in [1.54, 1.807) is 0 Å². The fourth-order valence-electron chi connectivity index (χ4n) is 1.08. The molecular formula is C11H16F3NO3S. The number of hydrogen-bond acceptors (Lipinski definition) is 3. The molecule has 0 amide bonds. The molecule has 0 aliphatic rings. The Morgan fingerprint density at radius 3 is 2.00 bits per heavy atom. The van der Waals surface area contributed by atoms with E-state index in [-0.39, 0.29) is 0 Å². The van der Waals surface area contributed by atoms with Crippen LogP contribution in [0.15, 0.2) is 24.5 Å². The molecule has 8 heteroatoms. The quantitative estimate of drug-likeness (QED) is 0.486. The summed E-state index contributed by atoms with van der Waals surface area (Å²) in [4.78, 5) is 0. The van der Waals surface area contributed by atoms with Gasteiger partial charge in [-0.25, -0.2) is 13.0 Å². The number of pyridine rings is 1. The third-order valence-electron chi connectivity index (χ3n) is 2.15. The van der Waals surface area contributed by atoms with E-state index in [0.717, 1.165) is 0 Å². The average molecular weight is 299 g/mol. The molecule has 0 fully saturated rings. The van der Waals surface area contributed by atoms with Gasteiger partial charge in [-0.1, -0.05) is 13.3 Å². The summed E-state index contributed by atoms with van der Waals surface area (Å²) >= 11 is 0. The third kappa shape index (κ3) is 7.78. The number of halogens is 3. The van der Waals surface area contributed by atoms with Gasteiger partial charge in [0.1, 0.15) is 7.05 Å². The first-order chi connectivity index (χ1) is 8.58. The maximum absolute atomic E-state index is 10.7. The highest BCUT2D eigenvalue weighted by atomic mass is 32.2. The predicted molar refractivity (Wildman–Crippen MR) is 62.0 cm³/mol. The van der Waals surface area contributed by atoms with Gasteiger partial charge >= 0.3 is 5.51 Å².